The molecular formula is C36H34Cl4N8O2. The molecule has 3 N–H and O–H groups in total. The average Bonchev–Trinajstić information content (AvgIpc) is 3.10. The van der Waals surface area contributed by atoms with E-state index in [0.29, 0.717) is 74.7 Å². The van der Waals surface area contributed by atoms with Gasteiger partial charge in [-0.25, -0.2) is 9.97 Å². The van der Waals surface area contributed by atoms with Crippen LogP contribution in [0.5, 0.6) is 11.5 Å². The number of methoxy groups -OCH3 is 1. The number of anilines is 2. The van der Waals surface area contributed by atoms with Crippen LogP contribution in [0.4, 0.5) is 11.6 Å². The van der Waals surface area contributed by atoms with Crippen molar-refractivity contribution in [3.05, 3.63) is 128 Å². The van der Waals surface area contributed by atoms with E-state index in [1.54, 1.807) is 33.1 Å². The van der Waals surface area contributed by atoms with Crippen molar-refractivity contribution in [3.63, 3.8) is 0 Å². The van der Waals surface area contributed by atoms with Crippen molar-refractivity contribution in [2.45, 2.75) is 34.4 Å². The van der Waals surface area contributed by atoms with Crippen molar-refractivity contribution in [1.82, 2.24) is 30.4 Å². The highest BCUT2D eigenvalue weighted by atomic mass is 35.5. The fraction of sp³-hybridized carbons (Fsp3) is 0.167. The van der Waals surface area contributed by atoms with Crippen molar-refractivity contribution in [2.24, 2.45) is 0 Å². The molecule has 0 aliphatic carbocycles. The van der Waals surface area contributed by atoms with Gasteiger partial charge in [0.1, 0.15) is 34.5 Å². The number of phenols is 1. The largest absolute Gasteiger partial charge is 0.508 e. The number of benzene rings is 4. The third-order valence-corrected chi connectivity index (χ3v) is 8.56. The van der Waals surface area contributed by atoms with Gasteiger partial charge in [0.25, 0.3) is 0 Å². The molecule has 0 saturated carbocycles. The Labute approximate surface area is 310 Å². The van der Waals surface area contributed by atoms with Crippen molar-refractivity contribution >= 4 is 58.0 Å². The van der Waals surface area contributed by atoms with Crippen LogP contribution in [-0.4, -0.2) is 42.6 Å². The molecule has 0 atom stereocenters. The maximum absolute atomic E-state index is 9.80. The smallest absolute Gasteiger partial charge is 0.157 e. The second-order valence-electron chi connectivity index (χ2n) is 10.6. The third-order valence-electron chi connectivity index (χ3n) is 6.95. The molecule has 0 saturated heterocycles. The molecule has 10 nitrogen and oxygen atoms in total. The molecule has 2 heterocycles. The molecule has 0 bridgehead atoms. The van der Waals surface area contributed by atoms with Gasteiger partial charge >= 0.3 is 0 Å². The molecule has 50 heavy (non-hydrogen) atoms. The number of aryl methyl sites for hydroxylation is 2. The summed E-state index contributed by atoms with van der Waals surface area (Å²) in [6.07, 6.45) is 0. The van der Waals surface area contributed by atoms with E-state index in [-0.39, 0.29) is 23.2 Å². The second-order valence-corrected chi connectivity index (χ2v) is 12.1. The molecule has 2 aromatic heterocycles. The Hall–Kier alpha value is -4.74. The van der Waals surface area contributed by atoms with Crippen LogP contribution >= 0.6 is 46.4 Å². The Kier molecular flexibility index (Phi) is 13.5. The Morgan fingerprint density at radius 1 is 0.620 bits per heavy atom. The third kappa shape index (κ3) is 9.70. The van der Waals surface area contributed by atoms with Gasteiger partial charge in [0.15, 0.2) is 11.6 Å². The predicted octanol–water partition coefficient (Wildman–Crippen LogP) is 9.88. The Morgan fingerprint density at radius 3 is 1.52 bits per heavy atom. The molecule has 258 valence electrons. The summed E-state index contributed by atoms with van der Waals surface area (Å²) in [5.41, 5.74) is 4.25. The fourth-order valence-electron chi connectivity index (χ4n) is 4.59. The highest BCUT2D eigenvalue weighted by molar-refractivity contribution is 6.44. The second kappa shape index (κ2) is 17.8. The monoisotopic (exact) mass is 750 g/mol. The van der Waals surface area contributed by atoms with Crippen LogP contribution < -0.4 is 15.4 Å². The summed E-state index contributed by atoms with van der Waals surface area (Å²) in [7, 11) is 1.57. The number of hydrogen-bond acceptors (Lipinski definition) is 10. The number of nitrogens with one attached hydrogen (secondary N) is 2. The number of halogens is 4. The van der Waals surface area contributed by atoms with Crippen LogP contribution in [0, 0.1) is 13.8 Å². The number of rotatable bonds is 9. The molecule has 0 spiro atoms. The minimum Gasteiger partial charge on any atom is -0.508 e. The highest BCUT2D eigenvalue weighted by Crippen LogP contribution is 2.39. The van der Waals surface area contributed by atoms with Gasteiger partial charge in [0.05, 0.1) is 27.2 Å². The molecule has 0 unspecified atom stereocenters. The first-order valence-corrected chi connectivity index (χ1v) is 16.3. The number of nitrogens with zero attached hydrogens (tertiary/aromatic N) is 6. The first kappa shape index (κ1) is 38.1. The lowest BCUT2D eigenvalue weighted by Gasteiger charge is -2.13. The van der Waals surface area contributed by atoms with Crippen LogP contribution in [0.15, 0.2) is 84.9 Å². The summed E-state index contributed by atoms with van der Waals surface area (Å²) < 4.78 is 5.27. The maximum atomic E-state index is 9.80. The summed E-state index contributed by atoms with van der Waals surface area (Å²) >= 11 is 24.9. The van der Waals surface area contributed by atoms with E-state index in [1.165, 1.54) is 12.1 Å². The Bertz CT molecular complexity index is 2060. The minimum atomic E-state index is -0.00390. The molecular weight excluding hydrogens is 718 g/mol. The van der Waals surface area contributed by atoms with Crippen LogP contribution in [0.3, 0.4) is 0 Å². The lowest BCUT2D eigenvalue weighted by atomic mass is 10.1. The first-order chi connectivity index (χ1) is 23.6. The zero-order valence-corrected chi connectivity index (χ0v) is 29.6. The van der Waals surface area contributed by atoms with Crippen molar-refractivity contribution < 1.29 is 9.84 Å². The van der Waals surface area contributed by atoms with Crippen LogP contribution in [-0.2, 0) is 13.1 Å². The van der Waals surface area contributed by atoms with E-state index in [0.717, 1.165) is 11.1 Å². The number of ether oxygens (including phenoxy) is 1. The van der Waals surface area contributed by atoms with Crippen LogP contribution in [0.25, 0.3) is 22.5 Å². The quantitative estimate of drug-likeness (QED) is 0.131. The number of hydrogen-bond donors (Lipinski definition) is 3. The molecule has 0 aliphatic heterocycles. The standard InChI is InChI=1S/C18H16Cl2N4O.C17H14Cl2N4O.CH4/c1-11-22-18(21-10-12-6-4-3-5-7-12)17(24-23-11)14-8-13(25-2)9-15(19)16(14)20;1-10-21-17(20-9-11-5-3-2-4-6-11)16(23-22-10)13-7-12(24)8-14(18)15(13)19;/h3-9H,10H2,1-2H3,(H,21,22,23);2-8,24H,9H2,1H3,(H,20,21,22);1H4. The van der Waals surface area contributed by atoms with Crippen LogP contribution in [0.2, 0.25) is 20.1 Å². The zero-order valence-electron chi connectivity index (χ0n) is 26.5. The number of aromatic nitrogens is 6. The summed E-state index contributed by atoms with van der Waals surface area (Å²) in [6, 6.07) is 26.2. The average molecular weight is 753 g/mol. The zero-order chi connectivity index (χ0) is 34.9. The Morgan fingerprint density at radius 2 is 1.06 bits per heavy atom. The molecule has 0 fully saturated rings. The summed E-state index contributed by atoms with van der Waals surface area (Å²) in [4.78, 5) is 8.86. The molecule has 6 rings (SSSR count). The summed E-state index contributed by atoms with van der Waals surface area (Å²) in [5, 5.41) is 34.1. The van der Waals surface area contributed by atoms with Gasteiger partial charge in [0, 0.05) is 36.3 Å². The van der Waals surface area contributed by atoms with Crippen molar-refractivity contribution in [2.75, 3.05) is 17.7 Å². The summed E-state index contributed by atoms with van der Waals surface area (Å²) in [5.74, 6) is 2.77. The predicted molar refractivity (Wildman–Crippen MR) is 203 cm³/mol. The van der Waals surface area contributed by atoms with Gasteiger partial charge in [0.2, 0.25) is 0 Å². The van der Waals surface area contributed by atoms with E-state index < -0.39 is 0 Å². The topological polar surface area (TPSA) is 131 Å². The number of phenolic OH excluding ortho intramolecular Hbond substituents is 1. The van der Waals surface area contributed by atoms with Gasteiger partial charge < -0.3 is 20.5 Å². The van der Waals surface area contributed by atoms with E-state index in [9.17, 15) is 5.11 Å². The summed E-state index contributed by atoms with van der Waals surface area (Å²) in [6.45, 7) is 4.70. The van der Waals surface area contributed by atoms with E-state index in [1.807, 2.05) is 60.7 Å². The minimum absolute atomic E-state index is 0. The normalized spacial score (nSPS) is 10.4. The molecule has 14 heteroatoms. The first-order valence-electron chi connectivity index (χ1n) is 14.8. The van der Waals surface area contributed by atoms with Gasteiger partial charge in [-0.2, -0.15) is 0 Å². The number of aromatic hydroxyl groups is 1. The lowest BCUT2D eigenvalue weighted by molar-refractivity contribution is 0.415. The molecule has 4 aromatic carbocycles. The van der Waals surface area contributed by atoms with Crippen LogP contribution in [0.1, 0.15) is 30.2 Å². The SMILES string of the molecule is C.COc1cc(Cl)c(Cl)c(-c2nnc(C)nc2NCc2ccccc2)c1.Cc1nnc(-c2cc(O)cc(Cl)c2Cl)c(NCc2ccccc2)n1. The van der Waals surface area contributed by atoms with E-state index in [2.05, 4.69) is 41.0 Å². The molecule has 6 aromatic rings. The molecule has 0 amide bonds. The van der Waals surface area contributed by atoms with Crippen molar-refractivity contribution in [3.8, 4) is 34.0 Å². The van der Waals surface area contributed by atoms with E-state index in [4.69, 9.17) is 51.1 Å². The molecule has 0 aliphatic rings. The molecule has 0 radical (unpaired) electrons. The van der Waals surface area contributed by atoms with Gasteiger partial charge in [-0.05, 0) is 37.1 Å². The van der Waals surface area contributed by atoms with Crippen molar-refractivity contribution in [1.29, 1.82) is 0 Å². The Balaban J connectivity index is 0.000000220. The van der Waals surface area contributed by atoms with Gasteiger partial charge in [-0.3, -0.25) is 0 Å². The maximum Gasteiger partial charge on any atom is 0.157 e. The highest BCUT2D eigenvalue weighted by Gasteiger charge is 2.18. The van der Waals surface area contributed by atoms with E-state index >= 15 is 0 Å². The van der Waals surface area contributed by atoms with Gasteiger partial charge in [-0.15, -0.1) is 20.4 Å². The van der Waals surface area contributed by atoms with Gasteiger partial charge in [-0.1, -0.05) is 114 Å². The fourth-order valence-corrected chi connectivity index (χ4v) is 5.41. The lowest BCUT2D eigenvalue weighted by Crippen LogP contribution is -2.07.